The van der Waals surface area contributed by atoms with Crippen LogP contribution in [0.2, 0.25) is 0 Å². The molecule has 0 fully saturated rings. The van der Waals surface area contributed by atoms with Gasteiger partial charge in [0, 0.05) is 5.69 Å². The second-order valence-corrected chi connectivity index (χ2v) is 5.61. The normalized spacial score (nSPS) is 10.2. The van der Waals surface area contributed by atoms with Gasteiger partial charge in [0.15, 0.2) is 0 Å². The Kier molecular flexibility index (Phi) is 4.85. The van der Waals surface area contributed by atoms with Gasteiger partial charge in [-0.05, 0) is 41.0 Å². The van der Waals surface area contributed by atoms with E-state index in [4.69, 9.17) is 16.2 Å². The first-order chi connectivity index (χ1) is 12.1. The molecule has 3 rings (SSSR count). The number of hydrogen-bond donors (Lipinski definition) is 3. The van der Waals surface area contributed by atoms with Crippen LogP contribution in [0.15, 0.2) is 72.8 Å². The van der Waals surface area contributed by atoms with Crippen molar-refractivity contribution in [3.8, 4) is 11.1 Å². The summed E-state index contributed by atoms with van der Waals surface area (Å²) in [6.07, 6.45) is -0.549. The zero-order chi connectivity index (χ0) is 17.6. The molecule has 0 aromatic heterocycles. The first-order valence-corrected chi connectivity index (χ1v) is 7.85. The van der Waals surface area contributed by atoms with Crippen molar-refractivity contribution in [1.29, 1.82) is 0 Å². The number of carbonyl (C=O) groups excluding carboxylic acids is 1. The van der Waals surface area contributed by atoms with Gasteiger partial charge in [-0.15, -0.1) is 0 Å². The third-order valence-corrected chi connectivity index (χ3v) is 3.72. The molecule has 5 heteroatoms. The molecule has 0 saturated heterocycles. The molecular formula is C20H19N3O2. The Bertz CT molecular complexity index is 879. The molecule has 1 amide bonds. The average Bonchev–Trinajstić information content (AvgIpc) is 2.62. The molecule has 0 aliphatic rings. The first kappa shape index (κ1) is 16.4. The number of nitrogen functional groups attached to an aromatic ring is 2. The fourth-order valence-corrected chi connectivity index (χ4v) is 2.44. The molecule has 0 radical (unpaired) electrons. The highest BCUT2D eigenvalue weighted by molar-refractivity contribution is 5.90. The summed E-state index contributed by atoms with van der Waals surface area (Å²) in [7, 11) is 0. The second-order valence-electron chi connectivity index (χ2n) is 5.61. The lowest BCUT2D eigenvalue weighted by molar-refractivity contribution is 0.155. The van der Waals surface area contributed by atoms with Gasteiger partial charge in [0.25, 0.3) is 0 Å². The lowest BCUT2D eigenvalue weighted by atomic mass is 10.0. The molecule has 0 saturated carbocycles. The quantitative estimate of drug-likeness (QED) is 0.622. The largest absolute Gasteiger partial charge is 0.444 e. The van der Waals surface area contributed by atoms with Gasteiger partial charge in [-0.3, -0.25) is 5.32 Å². The van der Waals surface area contributed by atoms with Crippen molar-refractivity contribution in [3.63, 3.8) is 0 Å². The second kappa shape index (κ2) is 7.40. The van der Waals surface area contributed by atoms with Crippen LogP contribution in [-0.4, -0.2) is 6.09 Å². The van der Waals surface area contributed by atoms with Crippen LogP contribution in [0.25, 0.3) is 11.1 Å². The molecule has 0 atom stereocenters. The van der Waals surface area contributed by atoms with Crippen molar-refractivity contribution >= 4 is 23.2 Å². The van der Waals surface area contributed by atoms with E-state index in [1.54, 1.807) is 12.1 Å². The summed E-state index contributed by atoms with van der Waals surface area (Å²) in [6.45, 7) is 0.202. The molecule has 0 aliphatic heterocycles. The molecule has 5 nitrogen and oxygen atoms in total. The highest BCUT2D eigenvalue weighted by Gasteiger charge is 2.08. The minimum atomic E-state index is -0.549. The molecule has 5 N–H and O–H groups in total. The molecule has 0 bridgehead atoms. The van der Waals surface area contributed by atoms with E-state index in [0.29, 0.717) is 17.1 Å². The van der Waals surface area contributed by atoms with Gasteiger partial charge in [0.2, 0.25) is 0 Å². The van der Waals surface area contributed by atoms with Crippen LogP contribution < -0.4 is 16.8 Å². The van der Waals surface area contributed by atoms with E-state index >= 15 is 0 Å². The van der Waals surface area contributed by atoms with E-state index in [-0.39, 0.29) is 6.61 Å². The summed E-state index contributed by atoms with van der Waals surface area (Å²) in [5.74, 6) is 0. The highest BCUT2D eigenvalue weighted by Crippen LogP contribution is 2.28. The molecule has 0 heterocycles. The van der Waals surface area contributed by atoms with Crippen molar-refractivity contribution < 1.29 is 9.53 Å². The maximum Gasteiger partial charge on any atom is 0.412 e. The molecule has 0 unspecified atom stereocenters. The van der Waals surface area contributed by atoms with Gasteiger partial charge in [0.05, 0.1) is 11.4 Å². The number of carbonyl (C=O) groups is 1. The van der Waals surface area contributed by atoms with Crippen LogP contribution in [0.1, 0.15) is 5.56 Å². The van der Waals surface area contributed by atoms with Crippen molar-refractivity contribution in [2.75, 3.05) is 16.8 Å². The standard InChI is InChI=1S/C20H19N3O2/c21-17-8-4-7-15(11-17)16-9-10-19(18(22)12-16)23-20(24)25-13-14-5-2-1-3-6-14/h1-12H,13,21-22H2,(H,23,24). The molecule has 0 spiro atoms. The van der Waals surface area contributed by atoms with Gasteiger partial charge in [-0.1, -0.05) is 48.5 Å². The average molecular weight is 333 g/mol. The van der Waals surface area contributed by atoms with Gasteiger partial charge in [-0.2, -0.15) is 0 Å². The summed E-state index contributed by atoms with van der Waals surface area (Å²) in [5, 5.41) is 2.66. The zero-order valence-electron chi connectivity index (χ0n) is 13.6. The Morgan fingerprint density at radius 1 is 0.880 bits per heavy atom. The van der Waals surface area contributed by atoms with Crippen molar-refractivity contribution in [3.05, 3.63) is 78.4 Å². The van der Waals surface area contributed by atoms with Crippen molar-refractivity contribution in [2.24, 2.45) is 0 Å². The maximum atomic E-state index is 11.9. The molecular weight excluding hydrogens is 314 g/mol. The summed E-state index contributed by atoms with van der Waals surface area (Å²) in [4.78, 5) is 11.9. The Labute approximate surface area is 146 Å². The predicted molar refractivity (Wildman–Crippen MR) is 101 cm³/mol. The van der Waals surface area contributed by atoms with Crippen LogP contribution in [0.3, 0.4) is 0 Å². The Balaban J connectivity index is 1.66. The van der Waals surface area contributed by atoms with E-state index in [2.05, 4.69) is 5.32 Å². The number of nitrogens with one attached hydrogen (secondary N) is 1. The predicted octanol–water partition coefficient (Wildman–Crippen LogP) is 4.27. The first-order valence-electron chi connectivity index (χ1n) is 7.85. The number of amides is 1. The minimum absolute atomic E-state index is 0.202. The Morgan fingerprint density at radius 2 is 1.64 bits per heavy atom. The highest BCUT2D eigenvalue weighted by atomic mass is 16.5. The maximum absolute atomic E-state index is 11.9. The number of nitrogens with two attached hydrogens (primary N) is 2. The third-order valence-electron chi connectivity index (χ3n) is 3.72. The number of ether oxygens (including phenoxy) is 1. The minimum Gasteiger partial charge on any atom is -0.444 e. The molecule has 0 aliphatic carbocycles. The van der Waals surface area contributed by atoms with Gasteiger partial charge < -0.3 is 16.2 Å². The molecule has 126 valence electrons. The Morgan fingerprint density at radius 3 is 2.36 bits per heavy atom. The number of anilines is 3. The number of rotatable bonds is 4. The lowest BCUT2D eigenvalue weighted by Crippen LogP contribution is -2.14. The molecule has 3 aromatic carbocycles. The van der Waals surface area contributed by atoms with Crippen molar-refractivity contribution in [1.82, 2.24) is 0 Å². The van der Waals surface area contributed by atoms with E-state index in [0.717, 1.165) is 16.7 Å². The monoisotopic (exact) mass is 333 g/mol. The van der Waals surface area contributed by atoms with Crippen LogP contribution >= 0.6 is 0 Å². The Hall–Kier alpha value is -3.47. The number of hydrogen-bond acceptors (Lipinski definition) is 4. The smallest absolute Gasteiger partial charge is 0.412 e. The van der Waals surface area contributed by atoms with Crippen LogP contribution in [0.4, 0.5) is 21.9 Å². The topological polar surface area (TPSA) is 90.4 Å². The molecule has 25 heavy (non-hydrogen) atoms. The summed E-state index contributed by atoms with van der Waals surface area (Å²) >= 11 is 0. The van der Waals surface area contributed by atoms with Gasteiger partial charge in [-0.25, -0.2) is 4.79 Å². The van der Waals surface area contributed by atoms with Gasteiger partial charge in [0.1, 0.15) is 6.61 Å². The van der Waals surface area contributed by atoms with Crippen LogP contribution in [-0.2, 0) is 11.3 Å². The summed E-state index contributed by atoms with van der Waals surface area (Å²) < 4.78 is 5.20. The SMILES string of the molecule is Nc1cccc(-c2ccc(NC(=O)OCc3ccccc3)c(N)c2)c1. The van der Waals surface area contributed by atoms with E-state index in [1.165, 1.54) is 0 Å². The lowest BCUT2D eigenvalue weighted by Gasteiger charge is -2.11. The summed E-state index contributed by atoms with van der Waals surface area (Å²) in [6, 6.07) is 22.4. The zero-order valence-corrected chi connectivity index (χ0v) is 13.6. The van der Waals surface area contributed by atoms with Crippen molar-refractivity contribution in [2.45, 2.75) is 6.61 Å². The molecule has 3 aromatic rings. The van der Waals surface area contributed by atoms with E-state index < -0.39 is 6.09 Å². The van der Waals surface area contributed by atoms with Gasteiger partial charge >= 0.3 is 6.09 Å². The number of benzene rings is 3. The third kappa shape index (κ3) is 4.29. The summed E-state index contributed by atoms with van der Waals surface area (Å²) in [5.41, 5.74) is 16.3. The van der Waals surface area contributed by atoms with E-state index in [9.17, 15) is 4.79 Å². The fraction of sp³-hybridized carbons (Fsp3) is 0.0500. The van der Waals surface area contributed by atoms with Crippen LogP contribution in [0.5, 0.6) is 0 Å². The fourth-order valence-electron chi connectivity index (χ4n) is 2.44. The van der Waals surface area contributed by atoms with E-state index in [1.807, 2.05) is 60.7 Å². The van der Waals surface area contributed by atoms with Crippen LogP contribution in [0, 0.1) is 0 Å².